The first-order chi connectivity index (χ1) is 3.79. The summed E-state index contributed by atoms with van der Waals surface area (Å²) in [6.07, 6.45) is 4.56. The van der Waals surface area contributed by atoms with Gasteiger partial charge in [0, 0.05) is 0 Å². The van der Waals surface area contributed by atoms with Crippen LogP contribution in [0.1, 0.15) is 0 Å². The molecule has 0 aliphatic heterocycles. The average molecular weight is 145 g/mol. The van der Waals surface area contributed by atoms with Crippen LogP contribution in [0.2, 0.25) is 0 Å². The van der Waals surface area contributed by atoms with Gasteiger partial charge in [-0.25, -0.2) is 0 Å². The van der Waals surface area contributed by atoms with Gasteiger partial charge in [-0.05, 0) is 0 Å². The molecule has 0 unspecified atom stereocenters. The zero-order valence-corrected chi connectivity index (χ0v) is 5.52. The fourth-order valence-electron chi connectivity index (χ4n) is 0.333. The summed E-state index contributed by atoms with van der Waals surface area (Å²) in [6.45, 7) is 0. The molecule has 3 nitrogen and oxygen atoms in total. The molecule has 0 radical (unpaired) electrons. The third-order valence-electron chi connectivity index (χ3n) is 0.589. The first kappa shape index (κ1) is 5.58. The second-order valence-electron chi connectivity index (χ2n) is 1.22. The molecule has 42 valence electrons. The van der Waals surface area contributed by atoms with Gasteiger partial charge in [-0.15, -0.1) is 0 Å². The number of aromatic nitrogens is 3. The minimum atomic E-state index is 1.37. The number of rotatable bonds is 0. The van der Waals surface area contributed by atoms with Crippen molar-refractivity contribution in [3.8, 4) is 0 Å². The van der Waals surface area contributed by atoms with Gasteiger partial charge in [0.1, 0.15) is 0 Å². The van der Waals surface area contributed by atoms with Gasteiger partial charge in [0.05, 0.1) is 4.98 Å². The highest BCUT2D eigenvalue weighted by molar-refractivity contribution is 7.51. The van der Waals surface area contributed by atoms with Crippen LogP contribution in [-0.4, -0.2) is 4.98 Å². The zero-order valence-electron chi connectivity index (χ0n) is 3.89. The first-order valence-corrected chi connectivity index (χ1v) is 2.64. The van der Waals surface area contributed by atoms with Crippen molar-refractivity contribution in [2.75, 3.05) is 0 Å². The molecular weight excluding hydrogens is 142 g/mol. The van der Waals surface area contributed by atoms with Gasteiger partial charge in [-0.3, -0.25) is 7.94 Å². The van der Waals surface area contributed by atoms with Gasteiger partial charge in [0.2, 0.25) is 0 Å². The normalized spacial score (nSPS) is 9.00. The molecule has 5 heteroatoms. The van der Waals surface area contributed by atoms with Crippen LogP contribution in [0.15, 0.2) is 19.0 Å². The summed E-state index contributed by atoms with van der Waals surface area (Å²) in [5.41, 5.74) is 0. The topological polar surface area (TPSA) is 20.6 Å². The molecule has 0 aliphatic carbocycles. The SMILES string of the molecule is [S-][n+]1cnc[n+]([S-])c1. The Bertz CT molecular complexity index is 172. The Labute approximate surface area is 58.1 Å². The summed E-state index contributed by atoms with van der Waals surface area (Å²) in [5.74, 6) is 0. The molecule has 0 saturated heterocycles. The third-order valence-corrected chi connectivity index (χ3v) is 0.966. The molecule has 1 aromatic heterocycles. The van der Waals surface area contributed by atoms with Gasteiger partial charge >= 0.3 is 12.7 Å². The standard InChI is InChI=1S/C3H3N3S2/c7-5-1-4-2-6(8)3-5/h1-3H. The highest BCUT2D eigenvalue weighted by Crippen LogP contribution is 1.53. The van der Waals surface area contributed by atoms with E-state index >= 15 is 0 Å². The zero-order chi connectivity index (χ0) is 5.98. The molecule has 0 aliphatic rings. The van der Waals surface area contributed by atoms with Gasteiger partial charge in [-0.1, -0.05) is 0 Å². The molecule has 1 aromatic rings. The van der Waals surface area contributed by atoms with E-state index in [-0.39, 0.29) is 0 Å². The minimum absolute atomic E-state index is 1.37. The Morgan fingerprint density at radius 3 is 1.88 bits per heavy atom. The van der Waals surface area contributed by atoms with E-state index in [0.717, 1.165) is 0 Å². The summed E-state index contributed by atoms with van der Waals surface area (Å²) in [6, 6.07) is 0. The number of hydrogen-bond donors (Lipinski definition) is 0. The van der Waals surface area contributed by atoms with E-state index in [9.17, 15) is 0 Å². The largest absolute Gasteiger partial charge is 0.506 e. The van der Waals surface area contributed by atoms with Crippen molar-refractivity contribution in [1.82, 2.24) is 4.98 Å². The molecule has 0 bridgehead atoms. The van der Waals surface area contributed by atoms with E-state index in [0.29, 0.717) is 0 Å². The van der Waals surface area contributed by atoms with Gasteiger partial charge in [-0.2, -0.15) is 0 Å². The first-order valence-electron chi connectivity index (χ1n) is 1.91. The van der Waals surface area contributed by atoms with Crippen molar-refractivity contribution in [1.29, 1.82) is 0 Å². The van der Waals surface area contributed by atoms with E-state index in [4.69, 9.17) is 0 Å². The molecule has 0 saturated carbocycles. The van der Waals surface area contributed by atoms with Crippen molar-refractivity contribution in [2.45, 2.75) is 0 Å². The lowest BCUT2D eigenvalue weighted by molar-refractivity contribution is -0.646. The molecular formula is C3H3N3S2. The van der Waals surface area contributed by atoms with Crippen molar-refractivity contribution in [3.63, 3.8) is 0 Å². The van der Waals surface area contributed by atoms with Crippen molar-refractivity contribution >= 4 is 25.6 Å². The summed E-state index contributed by atoms with van der Waals surface area (Å²) in [7, 11) is 0. The maximum absolute atomic E-state index is 4.67. The van der Waals surface area contributed by atoms with Crippen LogP contribution in [0.4, 0.5) is 0 Å². The Morgan fingerprint density at radius 2 is 1.62 bits per heavy atom. The Morgan fingerprint density at radius 1 is 1.12 bits per heavy atom. The summed E-state index contributed by atoms with van der Waals surface area (Å²) >= 11 is 9.33. The second kappa shape index (κ2) is 2.15. The lowest BCUT2D eigenvalue weighted by atomic mass is 11.1. The van der Waals surface area contributed by atoms with Crippen LogP contribution in [-0.2, 0) is 25.6 Å². The second-order valence-corrected chi connectivity index (χ2v) is 2.06. The summed E-state index contributed by atoms with van der Waals surface area (Å²) in [4.78, 5) is 3.70. The molecule has 0 aromatic carbocycles. The maximum Gasteiger partial charge on any atom is 0.341 e. The van der Waals surface area contributed by atoms with E-state index in [2.05, 4.69) is 30.6 Å². The van der Waals surface area contributed by atoms with E-state index in [1.54, 1.807) is 6.33 Å². The molecule has 1 rings (SSSR count). The van der Waals surface area contributed by atoms with Gasteiger partial charge in [0.25, 0.3) is 6.33 Å². The van der Waals surface area contributed by atoms with E-state index in [1.807, 2.05) is 0 Å². The predicted molar refractivity (Wildman–Crippen MR) is 30.2 cm³/mol. The molecule has 0 N–H and O–H groups in total. The smallest absolute Gasteiger partial charge is 0.341 e. The summed E-state index contributed by atoms with van der Waals surface area (Å²) in [5, 5.41) is 0. The van der Waals surface area contributed by atoms with E-state index < -0.39 is 0 Å². The number of nitrogens with zero attached hydrogens (tertiary/aromatic N) is 3. The number of hydrogen-bond acceptors (Lipinski definition) is 3. The molecule has 0 amide bonds. The fraction of sp³-hybridized carbons (Fsp3) is 0. The molecule has 0 fully saturated rings. The minimum Gasteiger partial charge on any atom is -0.506 e. The lowest BCUT2D eigenvalue weighted by Gasteiger charge is -1.96. The van der Waals surface area contributed by atoms with Gasteiger partial charge in [0.15, 0.2) is 0 Å². The highest BCUT2D eigenvalue weighted by Gasteiger charge is 1.86. The van der Waals surface area contributed by atoms with Crippen LogP contribution in [0.25, 0.3) is 0 Å². The summed E-state index contributed by atoms with van der Waals surface area (Å²) < 4.78 is 2.74. The Hall–Kier alpha value is -0.550. The molecule has 8 heavy (non-hydrogen) atoms. The Kier molecular flexibility index (Phi) is 1.50. The molecule has 1 heterocycles. The monoisotopic (exact) mass is 145 g/mol. The van der Waals surface area contributed by atoms with Gasteiger partial charge < -0.3 is 25.6 Å². The van der Waals surface area contributed by atoms with Crippen LogP contribution in [0.3, 0.4) is 0 Å². The van der Waals surface area contributed by atoms with E-state index in [1.165, 1.54) is 20.6 Å². The molecule has 0 atom stereocenters. The van der Waals surface area contributed by atoms with Crippen molar-refractivity contribution < 1.29 is 7.94 Å². The van der Waals surface area contributed by atoms with Crippen molar-refractivity contribution in [2.24, 2.45) is 0 Å². The van der Waals surface area contributed by atoms with Crippen LogP contribution >= 0.6 is 0 Å². The van der Waals surface area contributed by atoms with Crippen molar-refractivity contribution in [3.05, 3.63) is 19.0 Å². The van der Waals surface area contributed by atoms with Crippen LogP contribution < -0.4 is 7.94 Å². The average Bonchev–Trinajstić information content (AvgIpc) is 1.64. The third kappa shape index (κ3) is 1.21. The lowest BCUT2D eigenvalue weighted by Crippen LogP contribution is -2.40. The Balaban J connectivity index is 3.08. The quantitative estimate of drug-likeness (QED) is 0.320. The predicted octanol–water partition coefficient (Wildman–Crippen LogP) is -1.72. The molecule has 0 spiro atoms. The maximum atomic E-state index is 4.67. The van der Waals surface area contributed by atoms with Crippen LogP contribution in [0, 0.1) is 0 Å². The van der Waals surface area contributed by atoms with Crippen LogP contribution in [0.5, 0.6) is 0 Å². The highest BCUT2D eigenvalue weighted by atomic mass is 32.1. The fourth-order valence-corrected chi connectivity index (χ4v) is 0.705.